The fraction of sp³-hybridized carbons (Fsp3) is 0.0952. The number of rotatable bonds is 5. The van der Waals surface area contributed by atoms with Crippen LogP contribution in [0.3, 0.4) is 0 Å². The predicted molar refractivity (Wildman–Crippen MR) is 104 cm³/mol. The van der Waals surface area contributed by atoms with Gasteiger partial charge in [-0.3, -0.25) is 4.99 Å². The van der Waals surface area contributed by atoms with Gasteiger partial charge in [-0.05, 0) is 50.3 Å². The summed E-state index contributed by atoms with van der Waals surface area (Å²) >= 11 is 3.53. The molecule has 0 fully saturated rings. The summed E-state index contributed by atoms with van der Waals surface area (Å²) in [6, 6.07) is 24.7. The van der Waals surface area contributed by atoms with Crippen LogP contribution in [0.25, 0.3) is 11.1 Å². The molecule has 120 valence electrons. The van der Waals surface area contributed by atoms with Crippen molar-refractivity contribution < 1.29 is 4.74 Å². The SMILES string of the molecule is COc1ccc(-c2ccc(/C=N\Cc3ccccc3)cc2)cc1Br. The third-order valence-electron chi connectivity index (χ3n) is 3.75. The number of hydrogen-bond donors (Lipinski definition) is 0. The van der Waals surface area contributed by atoms with E-state index in [0.717, 1.165) is 21.3 Å². The molecule has 3 aromatic carbocycles. The molecule has 0 aliphatic carbocycles. The Kier molecular flexibility index (Phi) is 5.44. The van der Waals surface area contributed by atoms with Crippen molar-refractivity contribution in [3.8, 4) is 16.9 Å². The van der Waals surface area contributed by atoms with Crippen LogP contribution in [0.5, 0.6) is 5.75 Å². The minimum atomic E-state index is 0.702. The third-order valence-corrected chi connectivity index (χ3v) is 4.37. The Bertz CT molecular complexity index is 826. The molecule has 0 saturated carbocycles. The fourth-order valence-corrected chi connectivity index (χ4v) is 2.99. The van der Waals surface area contributed by atoms with E-state index in [0.29, 0.717) is 6.54 Å². The van der Waals surface area contributed by atoms with Crippen LogP contribution in [0.2, 0.25) is 0 Å². The van der Waals surface area contributed by atoms with E-state index in [-0.39, 0.29) is 0 Å². The highest BCUT2D eigenvalue weighted by Crippen LogP contribution is 2.30. The largest absolute Gasteiger partial charge is 0.496 e. The van der Waals surface area contributed by atoms with Crippen molar-refractivity contribution in [3.63, 3.8) is 0 Å². The van der Waals surface area contributed by atoms with Crippen LogP contribution in [-0.2, 0) is 6.54 Å². The molecule has 0 aromatic heterocycles. The van der Waals surface area contributed by atoms with Crippen molar-refractivity contribution in [1.29, 1.82) is 0 Å². The zero-order chi connectivity index (χ0) is 16.8. The van der Waals surface area contributed by atoms with Crippen LogP contribution < -0.4 is 4.74 Å². The second-order valence-corrected chi connectivity index (χ2v) is 6.28. The second kappa shape index (κ2) is 7.93. The van der Waals surface area contributed by atoms with Crippen molar-refractivity contribution in [3.05, 3.63) is 88.4 Å². The molecular weight excluding hydrogens is 362 g/mol. The van der Waals surface area contributed by atoms with Gasteiger partial charge >= 0.3 is 0 Å². The number of methoxy groups -OCH3 is 1. The van der Waals surface area contributed by atoms with Crippen LogP contribution in [0.1, 0.15) is 11.1 Å². The smallest absolute Gasteiger partial charge is 0.133 e. The molecule has 0 unspecified atom stereocenters. The molecule has 3 aromatic rings. The number of benzene rings is 3. The molecule has 0 aliphatic rings. The molecule has 0 N–H and O–H groups in total. The second-order valence-electron chi connectivity index (χ2n) is 5.43. The van der Waals surface area contributed by atoms with E-state index in [1.165, 1.54) is 11.1 Å². The molecule has 0 saturated heterocycles. The van der Waals surface area contributed by atoms with E-state index >= 15 is 0 Å². The summed E-state index contributed by atoms with van der Waals surface area (Å²) in [5.74, 6) is 0.836. The summed E-state index contributed by atoms with van der Waals surface area (Å²) in [7, 11) is 1.67. The Hall–Kier alpha value is -2.39. The predicted octanol–water partition coefficient (Wildman–Crippen LogP) is 5.74. The molecule has 0 atom stereocenters. The number of aliphatic imine (C=N–C) groups is 1. The summed E-state index contributed by atoms with van der Waals surface area (Å²) in [4.78, 5) is 4.50. The lowest BCUT2D eigenvalue weighted by molar-refractivity contribution is 0.412. The summed E-state index contributed by atoms with van der Waals surface area (Å²) in [6.45, 7) is 0.702. The molecule has 0 amide bonds. The van der Waals surface area contributed by atoms with Crippen LogP contribution in [0.15, 0.2) is 82.3 Å². The third kappa shape index (κ3) is 4.12. The summed E-state index contributed by atoms with van der Waals surface area (Å²) in [5.41, 5.74) is 4.63. The minimum absolute atomic E-state index is 0.702. The van der Waals surface area contributed by atoms with E-state index in [1.807, 2.05) is 30.5 Å². The number of nitrogens with zero attached hydrogens (tertiary/aromatic N) is 1. The van der Waals surface area contributed by atoms with Crippen LogP contribution in [-0.4, -0.2) is 13.3 Å². The standard InChI is InChI=1S/C21H18BrNO/c1-24-21-12-11-19(13-20(21)22)18-9-7-17(8-10-18)15-23-14-16-5-3-2-4-6-16/h2-13,15H,14H2,1H3/b23-15-. The Morgan fingerprint density at radius 1 is 0.917 bits per heavy atom. The Morgan fingerprint density at radius 3 is 2.29 bits per heavy atom. The summed E-state index contributed by atoms with van der Waals surface area (Å²) in [6.07, 6.45) is 1.92. The van der Waals surface area contributed by atoms with Crippen molar-refractivity contribution in [2.24, 2.45) is 4.99 Å². The van der Waals surface area contributed by atoms with Gasteiger partial charge in [-0.2, -0.15) is 0 Å². The van der Waals surface area contributed by atoms with E-state index in [1.54, 1.807) is 7.11 Å². The number of hydrogen-bond acceptors (Lipinski definition) is 2. The topological polar surface area (TPSA) is 21.6 Å². The van der Waals surface area contributed by atoms with Crippen molar-refractivity contribution in [2.75, 3.05) is 7.11 Å². The number of halogens is 1. The van der Waals surface area contributed by atoms with Crippen LogP contribution >= 0.6 is 15.9 Å². The van der Waals surface area contributed by atoms with E-state index in [9.17, 15) is 0 Å². The van der Waals surface area contributed by atoms with Gasteiger partial charge in [0.25, 0.3) is 0 Å². The molecular formula is C21H18BrNO. The lowest BCUT2D eigenvalue weighted by atomic mass is 10.0. The lowest BCUT2D eigenvalue weighted by Crippen LogP contribution is -1.87. The van der Waals surface area contributed by atoms with Gasteiger partial charge in [-0.15, -0.1) is 0 Å². The first-order valence-corrected chi connectivity index (χ1v) is 8.53. The molecule has 24 heavy (non-hydrogen) atoms. The molecule has 0 radical (unpaired) electrons. The summed E-state index contributed by atoms with van der Waals surface area (Å²) in [5, 5.41) is 0. The zero-order valence-electron chi connectivity index (χ0n) is 13.4. The van der Waals surface area contributed by atoms with E-state index in [4.69, 9.17) is 4.74 Å². The first-order chi connectivity index (χ1) is 11.8. The Balaban J connectivity index is 1.70. The van der Waals surface area contributed by atoms with Crippen LogP contribution in [0.4, 0.5) is 0 Å². The normalized spacial score (nSPS) is 10.9. The molecule has 0 heterocycles. The number of ether oxygens (including phenoxy) is 1. The molecule has 0 spiro atoms. The average Bonchev–Trinajstić information content (AvgIpc) is 2.63. The van der Waals surface area contributed by atoms with Crippen molar-refractivity contribution >= 4 is 22.1 Å². The molecule has 0 aliphatic heterocycles. The maximum atomic E-state index is 5.27. The average molecular weight is 380 g/mol. The van der Waals surface area contributed by atoms with Gasteiger partial charge in [0.05, 0.1) is 18.1 Å². The molecule has 0 bridgehead atoms. The minimum Gasteiger partial charge on any atom is -0.496 e. The highest BCUT2D eigenvalue weighted by Gasteiger charge is 2.03. The first kappa shape index (κ1) is 16.5. The first-order valence-electron chi connectivity index (χ1n) is 7.74. The van der Waals surface area contributed by atoms with Gasteiger partial charge in [0, 0.05) is 6.21 Å². The van der Waals surface area contributed by atoms with Gasteiger partial charge in [0.15, 0.2) is 0 Å². The van der Waals surface area contributed by atoms with Gasteiger partial charge < -0.3 is 4.74 Å². The fourth-order valence-electron chi connectivity index (χ4n) is 2.45. The highest BCUT2D eigenvalue weighted by molar-refractivity contribution is 9.10. The van der Waals surface area contributed by atoms with E-state index in [2.05, 4.69) is 69.5 Å². The van der Waals surface area contributed by atoms with Gasteiger partial charge in [0.1, 0.15) is 5.75 Å². The van der Waals surface area contributed by atoms with Gasteiger partial charge in [-0.25, -0.2) is 0 Å². The maximum absolute atomic E-state index is 5.27. The molecule has 2 nitrogen and oxygen atoms in total. The lowest BCUT2D eigenvalue weighted by Gasteiger charge is -2.07. The zero-order valence-corrected chi connectivity index (χ0v) is 15.0. The van der Waals surface area contributed by atoms with Crippen molar-refractivity contribution in [2.45, 2.75) is 6.54 Å². The Labute approximate surface area is 151 Å². The van der Waals surface area contributed by atoms with Crippen LogP contribution in [0, 0.1) is 0 Å². The Morgan fingerprint density at radius 2 is 1.62 bits per heavy atom. The van der Waals surface area contributed by atoms with Crippen molar-refractivity contribution in [1.82, 2.24) is 0 Å². The maximum Gasteiger partial charge on any atom is 0.133 e. The highest BCUT2D eigenvalue weighted by atomic mass is 79.9. The van der Waals surface area contributed by atoms with Gasteiger partial charge in [0.2, 0.25) is 0 Å². The monoisotopic (exact) mass is 379 g/mol. The van der Waals surface area contributed by atoms with E-state index < -0.39 is 0 Å². The molecule has 3 rings (SSSR count). The quantitative estimate of drug-likeness (QED) is 0.517. The molecule has 3 heteroatoms. The summed E-state index contributed by atoms with van der Waals surface area (Å²) < 4.78 is 6.23. The van der Waals surface area contributed by atoms with Gasteiger partial charge in [-0.1, -0.05) is 60.7 Å².